The second-order valence-corrected chi connectivity index (χ2v) is 8.02. The van der Waals surface area contributed by atoms with Crippen LogP contribution in [0.3, 0.4) is 0 Å². The normalized spacial score (nSPS) is 12.6. The van der Waals surface area contributed by atoms with Crippen molar-refractivity contribution in [3.05, 3.63) is 59.7 Å². The van der Waals surface area contributed by atoms with Gasteiger partial charge in [0, 0.05) is 21.4 Å². The predicted molar refractivity (Wildman–Crippen MR) is 98.3 cm³/mol. The summed E-state index contributed by atoms with van der Waals surface area (Å²) in [5, 5.41) is 10.5. The molecule has 0 unspecified atom stereocenters. The number of unbranched alkanes of at least 4 members (excludes halogenated alkanes) is 1. The lowest BCUT2D eigenvalue weighted by Crippen LogP contribution is -2.69. The van der Waals surface area contributed by atoms with E-state index in [1.54, 1.807) is 0 Å². The molecule has 0 fully saturated rings. The molecule has 0 heterocycles. The van der Waals surface area contributed by atoms with Crippen LogP contribution in [-0.4, -0.2) is 14.3 Å². The Labute approximate surface area is 151 Å². The third-order valence-electron chi connectivity index (χ3n) is 3.54. The zero-order chi connectivity index (χ0) is 18.3. The first kappa shape index (κ1) is 19.1. The zero-order valence-corrected chi connectivity index (χ0v) is 15.4. The largest absolute Gasteiger partial charge is 0.317 e. The van der Waals surface area contributed by atoms with Gasteiger partial charge in [-0.25, -0.2) is 8.42 Å². The van der Waals surface area contributed by atoms with Gasteiger partial charge in [-0.15, -0.1) is 0 Å². The first-order valence-electron chi connectivity index (χ1n) is 7.83. The van der Waals surface area contributed by atoms with Crippen molar-refractivity contribution < 1.29 is 13.5 Å². The SMILES string of the molecule is CCCCc1ccc(N=N/[NH+]=C(\N)c2ccc(S(=O)(=O)Cl)cc2)cc1. The molecule has 0 aliphatic rings. The lowest BCUT2D eigenvalue weighted by atomic mass is 10.1. The van der Waals surface area contributed by atoms with Gasteiger partial charge < -0.3 is 5.73 Å². The molecule has 2 aromatic rings. The summed E-state index contributed by atoms with van der Waals surface area (Å²) >= 11 is 0. The van der Waals surface area contributed by atoms with Crippen molar-refractivity contribution in [1.29, 1.82) is 0 Å². The standard InChI is InChI=1S/C17H19ClN4O2S/c1-2-3-4-13-5-9-15(10-6-13)20-22-21-17(19)14-7-11-16(12-8-14)25(18,23)24/h5-12H,2-4H2,1H3,(H2,19,20,21)/p+1. The summed E-state index contributed by atoms with van der Waals surface area (Å²) in [6.45, 7) is 2.16. The number of amidine groups is 1. The maximum atomic E-state index is 11.2. The molecule has 0 aromatic heterocycles. The minimum atomic E-state index is -3.75. The topological polar surface area (TPSA) is 98.8 Å². The van der Waals surface area contributed by atoms with Gasteiger partial charge >= 0.3 is 0 Å². The first-order valence-corrected chi connectivity index (χ1v) is 10.1. The number of nitrogen functional groups attached to an aromatic ring is 1. The molecule has 0 aliphatic heterocycles. The minimum Gasteiger partial charge on any atom is -0.317 e. The predicted octanol–water partition coefficient (Wildman–Crippen LogP) is 2.44. The van der Waals surface area contributed by atoms with E-state index in [9.17, 15) is 8.42 Å². The Morgan fingerprint density at radius 1 is 1.12 bits per heavy atom. The van der Waals surface area contributed by atoms with E-state index in [1.807, 2.05) is 24.3 Å². The highest BCUT2D eigenvalue weighted by Gasteiger charge is 2.10. The quantitative estimate of drug-likeness (QED) is 0.254. The molecule has 0 saturated carbocycles. The summed E-state index contributed by atoms with van der Waals surface area (Å²) in [4.78, 5) is 0.00973. The highest BCUT2D eigenvalue weighted by Crippen LogP contribution is 2.15. The summed E-state index contributed by atoms with van der Waals surface area (Å²) in [7, 11) is 1.52. The highest BCUT2D eigenvalue weighted by atomic mass is 35.7. The summed E-state index contributed by atoms with van der Waals surface area (Å²) in [6.07, 6.45) is 3.39. The molecule has 0 radical (unpaired) electrons. The summed E-state index contributed by atoms with van der Waals surface area (Å²) in [5.74, 6) is 0.252. The monoisotopic (exact) mass is 379 g/mol. The van der Waals surface area contributed by atoms with Crippen LogP contribution in [0.4, 0.5) is 5.69 Å². The Morgan fingerprint density at radius 2 is 1.76 bits per heavy atom. The Balaban J connectivity index is 2.03. The second kappa shape index (κ2) is 8.73. The van der Waals surface area contributed by atoms with E-state index in [4.69, 9.17) is 16.4 Å². The Kier molecular flexibility index (Phi) is 6.66. The van der Waals surface area contributed by atoms with Crippen LogP contribution in [0.2, 0.25) is 0 Å². The fraction of sp³-hybridized carbons (Fsp3) is 0.235. The fourth-order valence-corrected chi connectivity index (χ4v) is 2.88. The first-order chi connectivity index (χ1) is 11.9. The van der Waals surface area contributed by atoms with Gasteiger partial charge in [-0.05, 0) is 54.8 Å². The molecule has 8 heteroatoms. The molecule has 0 aliphatic carbocycles. The van der Waals surface area contributed by atoms with Crippen molar-refractivity contribution in [2.24, 2.45) is 16.1 Å². The van der Waals surface area contributed by atoms with Crippen molar-refractivity contribution in [3.8, 4) is 0 Å². The van der Waals surface area contributed by atoms with E-state index in [0.29, 0.717) is 11.3 Å². The minimum absolute atomic E-state index is 0.00973. The molecule has 2 rings (SSSR count). The lowest BCUT2D eigenvalue weighted by molar-refractivity contribution is -0.472. The maximum Gasteiger partial charge on any atom is 0.261 e. The number of hydrogen-bond donors (Lipinski definition) is 2. The van der Waals surface area contributed by atoms with E-state index in [0.717, 1.165) is 19.3 Å². The molecule has 0 amide bonds. The molecule has 0 spiro atoms. The van der Waals surface area contributed by atoms with Crippen LogP contribution in [0.1, 0.15) is 30.9 Å². The number of aryl methyl sites for hydroxylation is 1. The number of halogens is 1. The molecule has 0 atom stereocenters. The number of benzene rings is 2. The number of nitrogens with zero attached hydrogens (tertiary/aromatic N) is 2. The van der Waals surface area contributed by atoms with Crippen LogP contribution < -0.4 is 10.8 Å². The third-order valence-corrected chi connectivity index (χ3v) is 4.91. The molecule has 132 valence electrons. The van der Waals surface area contributed by atoms with Gasteiger partial charge in [-0.3, -0.25) is 0 Å². The van der Waals surface area contributed by atoms with E-state index in [1.165, 1.54) is 29.8 Å². The molecule has 3 N–H and O–H groups in total. The van der Waals surface area contributed by atoms with E-state index in [-0.39, 0.29) is 10.7 Å². The number of nitrogens with two attached hydrogens (primary N) is 1. The highest BCUT2D eigenvalue weighted by molar-refractivity contribution is 8.13. The summed E-state index contributed by atoms with van der Waals surface area (Å²) < 4.78 is 22.4. The van der Waals surface area contributed by atoms with Gasteiger partial charge in [-0.2, -0.15) is 5.10 Å². The average molecular weight is 380 g/mol. The molecular weight excluding hydrogens is 360 g/mol. The van der Waals surface area contributed by atoms with Crippen molar-refractivity contribution >= 4 is 31.3 Å². The van der Waals surface area contributed by atoms with Crippen molar-refractivity contribution in [2.45, 2.75) is 31.1 Å². The lowest BCUT2D eigenvalue weighted by Gasteiger charge is -1.98. The molecule has 0 saturated heterocycles. The van der Waals surface area contributed by atoms with Crippen molar-refractivity contribution in [1.82, 2.24) is 0 Å². The maximum absolute atomic E-state index is 11.2. The molecule has 2 aromatic carbocycles. The summed E-state index contributed by atoms with van der Waals surface area (Å²) in [5.41, 5.74) is 8.43. The van der Waals surface area contributed by atoms with Crippen molar-refractivity contribution in [3.63, 3.8) is 0 Å². The van der Waals surface area contributed by atoms with Gasteiger partial charge in [-0.1, -0.05) is 25.5 Å². The van der Waals surface area contributed by atoms with Crippen LogP contribution >= 0.6 is 10.7 Å². The Hall–Kier alpha value is -2.25. The van der Waals surface area contributed by atoms with Crippen molar-refractivity contribution in [2.75, 3.05) is 0 Å². The number of rotatable bonds is 7. The third kappa shape index (κ3) is 5.95. The zero-order valence-electron chi connectivity index (χ0n) is 13.8. The second-order valence-electron chi connectivity index (χ2n) is 5.46. The van der Waals surface area contributed by atoms with Gasteiger partial charge in [0.2, 0.25) is 5.84 Å². The van der Waals surface area contributed by atoms with Crippen LogP contribution in [0.25, 0.3) is 0 Å². The smallest absolute Gasteiger partial charge is 0.261 e. The number of nitrogens with one attached hydrogen (secondary N) is 1. The van der Waals surface area contributed by atoms with Crippen LogP contribution in [0.15, 0.2) is 63.8 Å². The van der Waals surface area contributed by atoms with E-state index >= 15 is 0 Å². The van der Waals surface area contributed by atoms with E-state index < -0.39 is 9.05 Å². The van der Waals surface area contributed by atoms with Gasteiger partial charge in [0.05, 0.1) is 10.1 Å². The molecular formula is C17H20ClN4O2S+. The summed E-state index contributed by atoms with van der Waals surface area (Å²) in [6, 6.07) is 13.7. The average Bonchev–Trinajstić information content (AvgIpc) is 2.60. The van der Waals surface area contributed by atoms with Gasteiger partial charge in [0.15, 0.2) is 5.69 Å². The molecule has 25 heavy (non-hydrogen) atoms. The molecule has 6 nitrogen and oxygen atoms in total. The van der Waals surface area contributed by atoms with Gasteiger partial charge in [0.1, 0.15) is 0 Å². The number of hydrogen-bond acceptors (Lipinski definition) is 4. The fourth-order valence-electron chi connectivity index (χ4n) is 2.11. The van der Waals surface area contributed by atoms with E-state index in [2.05, 4.69) is 22.4 Å². The van der Waals surface area contributed by atoms with Crippen LogP contribution in [0.5, 0.6) is 0 Å². The van der Waals surface area contributed by atoms with Crippen LogP contribution in [0, 0.1) is 0 Å². The van der Waals surface area contributed by atoms with Crippen LogP contribution in [-0.2, 0) is 15.5 Å². The Bertz CT molecular complexity index is 861. The Morgan fingerprint density at radius 3 is 2.32 bits per heavy atom. The van der Waals surface area contributed by atoms with Gasteiger partial charge in [0.25, 0.3) is 9.05 Å². The molecule has 0 bridgehead atoms.